The second kappa shape index (κ2) is 6.94. The molecule has 2 nitrogen and oxygen atoms in total. The highest BCUT2D eigenvalue weighted by Gasteiger charge is 2.08. The van der Waals surface area contributed by atoms with Crippen LogP contribution in [0.2, 0.25) is 5.02 Å². The number of hydrogen-bond donors (Lipinski definition) is 1. The molecule has 0 unspecified atom stereocenters. The van der Waals surface area contributed by atoms with Crippen molar-refractivity contribution >= 4 is 27.5 Å². The normalized spacial score (nSPS) is 10.5. The average molecular weight is 341 g/mol. The molecule has 2 aromatic carbocycles. The van der Waals surface area contributed by atoms with E-state index < -0.39 is 0 Å². The van der Waals surface area contributed by atoms with Gasteiger partial charge in [-0.3, -0.25) is 0 Å². The van der Waals surface area contributed by atoms with Crippen molar-refractivity contribution in [1.82, 2.24) is 5.32 Å². The van der Waals surface area contributed by atoms with Crippen molar-refractivity contribution < 1.29 is 4.74 Å². The molecule has 2 rings (SSSR count). The first-order valence-electron chi connectivity index (χ1n) is 6.00. The summed E-state index contributed by atoms with van der Waals surface area (Å²) in [4.78, 5) is 0. The third kappa shape index (κ3) is 3.96. The number of halogens is 2. The Morgan fingerprint density at radius 3 is 2.74 bits per heavy atom. The van der Waals surface area contributed by atoms with Crippen LogP contribution in [0.5, 0.6) is 5.75 Å². The molecule has 0 radical (unpaired) electrons. The Kier molecular flexibility index (Phi) is 5.25. The van der Waals surface area contributed by atoms with Crippen LogP contribution < -0.4 is 10.1 Å². The first-order chi connectivity index (χ1) is 9.20. The van der Waals surface area contributed by atoms with E-state index in [4.69, 9.17) is 16.3 Å². The van der Waals surface area contributed by atoms with Gasteiger partial charge in [-0.15, -0.1) is 0 Å². The molecular weight excluding hydrogens is 326 g/mol. The van der Waals surface area contributed by atoms with Crippen LogP contribution in [0.25, 0.3) is 0 Å². The molecule has 0 atom stereocenters. The lowest BCUT2D eigenvalue weighted by Gasteiger charge is -2.13. The lowest BCUT2D eigenvalue weighted by Crippen LogP contribution is -2.08. The Morgan fingerprint density at radius 2 is 2.00 bits per heavy atom. The van der Waals surface area contributed by atoms with Gasteiger partial charge in [0.05, 0.1) is 5.02 Å². The molecule has 0 aliphatic carbocycles. The largest absolute Gasteiger partial charge is 0.487 e. The maximum absolute atomic E-state index is 6.20. The zero-order valence-electron chi connectivity index (χ0n) is 10.6. The highest BCUT2D eigenvalue weighted by atomic mass is 79.9. The van der Waals surface area contributed by atoms with Gasteiger partial charge >= 0.3 is 0 Å². The van der Waals surface area contributed by atoms with Gasteiger partial charge in [0.2, 0.25) is 0 Å². The van der Waals surface area contributed by atoms with Crippen LogP contribution in [0.15, 0.2) is 46.9 Å². The van der Waals surface area contributed by atoms with Gasteiger partial charge in [-0.2, -0.15) is 0 Å². The van der Waals surface area contributed by atoms with E-state index in [2.05, 4.69) is 21.2 Å². The fourth-order valence-electron chi connectivity index (χ4n) is 1.83. The second-order valence-corrected chi connectivity index (χ2v) is 5.50. The summed E-state index contributed by atoms with van der Waals surface area (Å²) in [5, 5.41) is 3.75. The maximum Gasteiger partial charge on any atom is 0.142 e. The topological polar surface area (TPSA) is 21.3 Å². The summed E-state index contributed by atoms with van der Waals surface area (Å²) in [5.41, 5.74) is 2.16. The zero-order valence-corrected chi connectivity index (χ0v) is 13.0. The van der Waals surface area contributed by atoms with E-state index in [0.717, 1.165) is 27.9 Å². The Bertz CT molecular complexity index is 560. The fraction of sp³-hybridized carbons (Fsp3) is 0.200. The molecule has 2 aromatic rings. The van der Waals surface area contributed by atoms with Gasteiger partial charge in [0.1, 0.15) is 12.4 Å². The molecule has 0 saturated carbocycles. The molecule has 0 aliphatic rings. The van der Waals surface area contributed by atoms with Crippen molar-refractivity contribution in [2.24, 2.45) is 0 Å². The number of rotatable bonds is 5. The summed E-state index contributed by atoms with van der Waals surface area (Å²) in [6.45, 7) is 1.23. The Morgan fingerprint density at radius 1 is 1.21 bits per heavy atom. The Labute approximate surface area is 126 Å². The van der Waals surface area contributed by atoms with Crippen molar-refractivity contribution in [1.29, 1.82) is 0 Å². The van der Waals surface area contributed by atoms with Gasteiger partial charge in [0.25, 0.3) is 0 Å². The lowest BCUT2D eigenvalue weighted by atomic mass is 10.2. The minimum Gasteiger partial charge on any atom is -0.487 e. The molecule has 0 aliphatic heterocycles. The molecule has 0 saturated heterocycles. The van der Waals surface area contributed by atoms with Gasteiger partial charge in [0.15, 0.2) is 0 Å². The van der Waals surface area contributed by atoms with E-state index in [1.807, 2.05) is 49.5 Å². The molecule has 19 heavy (non-hydrogen) atoms. The fourth-order valence-corrected chi connectivity index (χ4v) is 2.52. The van der Waals surface area contributed by atoms with Crippen molar-refractivity contribution in [3.05, 3.63) is 63.1 Å². The first kappa shape index (κ1) is 14.4. The van der Waals surface area contributed by atoms with Crippen molar-refractivity contribution in [2.45, 2.75) is 13.2 Å². The third-order valence-corrected chi connectivity index (χ3v) is 3.48. The first-order valence-corrected chi connectivity index (χ1v) is 7.17. The van der Waals surface area contributed by atoms with E-state index in [1.165, 1.54) is 0 Å². The molecule has 0 bridgehead atoms. The molecular formula is C15H15BrClNO. The minimum absolute atomic E-state index is 0.500. The summed E-state index contributed by atoms with van der Waals surface area (Å²) in [5.74, 6) is 0.749. The predicted octanol–water partition coefficient (Wildman–Crippen LogP) is 4.40. The summed E-state index contributed by atoms with van der Waals surface area (Å²) >= 11 is 9.65. The molecule has 0 amide bonds. The van der Waals surface area contributed by atoms with E-state index in [-0.39, 0.29) is 0 Å². The number of ether oxygens (including phenoxy) is 1. The van der Waals surface area contributed by atoms with Crippen LogP contribution >= 0.6 is 27.5 Å². The number of hydrogen-bond acceptors (Lipinski definition) is 2. The molecule has 0 fully saturated rings. The molecule has 100 valence electrons. The Hall–Kier alpha value is -1.03. The van der Waals surface area contributed by atoms with Gasteiger partial charge in [0, 0.05) is 16.6 Å². The van der Waals surface area contributed by atoms with Crippen LogP contribution in [0, 0.1) is 0 Å². The summed E-state index contributed by atoms with van der Waals surface area (Å²) < 4.78 is 6.91. The van der Waals surface area contributed by atoms with Crippen LogP contribution in [0.3, 0.4) is 0 Å². The minimum atomic E-state index is 0.500. The average Bonchev–Trinajstić information content (AvgIpc) is 2.38. The van der Waals surface area contributed by atoms with Crippen molar-refractivity contribution in [3.63, 3.8) is 0 Å². The molecule has 0 spiro atoms. The smallest absolute Gasteiger partial charge is 0.142 e. The lowest BCUT2D eigenvalue weighted by molar-refractivity contribution is 0.302. The second-order valence-electron chi connectivity index (χ2n) is 4.18. The summed E-state index contributed by atoms with van der Waals surface area (Å²) in [7, 11) is 1.90. The van der Waals surface area contributed by atoms with E-state index >= 15 is 0 Å². The van der Waals surface area contributed by atoms with Crippen LogP contribution in [0.1, 0.15) is 11.1 Å². The SMILES string of the molecule is CNCc1cccc(Cl)c1OCc1cccc(Br)c1. The maximum atomic E-state index is 6.20. The van der Waals surface area contributed by atoms with Gasteiger partial charge < -0.3 is 10.1 Å². The molecule has 4 heteroatoms. The summed E-state index contributed by atoms with van der Waals surface area (Å²) in [6.07, 6.45) is 0. The van der Waals surface area contributed by atoms with Crippen LogP contribution in [-0.4, -0.2) is 7.05 Å². The molecule has 1 N–H and O–H groups in total. The van der Waals surface area contributed by atoms with Gasteiger partial charge in [-0.25, -0.2) is 0 Å². The Balaban J connectivity index is 2.14. The molecule has 0 aromatic heterocycles. The number of nitrogens with one attached hydrogen (secondary N) is 1. The highest BCUT2D eigenvalue weighted by molar-refractivity contribution is 9.10. The molecule has 0 heterocycles. The van der Waals surface area contributed by atoms with E-state index in [1.54, 1.807) is 0 Å². The van der Waals surface area contributed by atoms with Crippen LogP contribution in [-0.2, 0) is 13.2 Å². The zero-order chi connectivity index (χ0) is 13.7. The highest BCUT2D eigenvalue weighted by Crippen LogP contribution is 2.29. The quantitative estimate of drug-likeness (QED) is 0.871. The number of benzene rings is 2. The number of para-hydroxylation sites is 1. The summed E-state index contributed by atoms with van der Waals surface area (Å²) in [6, 6.07) is 13.8. The van der Waals surface area contributed by atoms with E-state index in [9.17, 15) is 0 Å². The van der Waals surface area contributed by atoms with Gasteiger partial charge in [-0.1, -0.05) is 51.8 Å². The van der Waals surface area contributed by atoms with Crippen LogP contribution in [0.4, 0.5) is 0 Å². The van der Waals surface area contributed by atoms with Gasteiger partial charge in [-0.05, 0) is 30.8 Å². The monoisotopic (exact) mass is 339 g/mol. The predicted molar refractivity (Wildman–Crippen MR) is 82.7 cm³/mol. The third-order valence-electron chi connectivity index (χ3n) is 2.69. The van der Waals surface area contributed by atoms with Crippen molar-refractivity contribution in [2.75, 3.05) is 7.05 Å². The standard InChI is InChI=1S/C15H15BrClNO/c1-18-9-12-5-3-7-14(17)15(12)19-10-11-4-2-6-13(16)8-11/h2-8,18H,9-10H2,1H3. The van der Waals surface area contributed by atoms with Crippen molar-refractivity contribution in [3.8, 4) is 5.75 Å². The van der Waals surface area contributed by atoms with E-state index in [0.29, 0.717) is 11.6 Å².